The second-order valence-corrected chi connectivity index (χ2v) is 6.84. The highest BCUT2D eigenvalue weighted by molar-refractivity contribution is 5.81. The Balaban J connectivity index is 1.94. The van der Waals surface area contributed by atoms with Gasteiger partial charge in [-0.2, -0.15) is 0 Å². The molecule has 0 aliphatic heterocycles. The molecular weight excluding hydrogens is 232 g/mol. The van der Waals surface area contributed by atoms with E-state index in [4.69, 9.17) is 0 Å². The van der Waals surface area contributed by atoms with Crippen LogP contribution in [0.3, 0.4) is 0 Å². The van der Waals surface area contributed by atoms with Crippen LogP contribution in [-0.2, 0) is 4.79 Å². The molecule has 2 rings (SSSR count). The second kappa shape index (κ2) is 8.76. The minimum Gasteiger partial charge on any atom is -0.299 e. The van der Waals surface area contributed by atoms with Gasteiger partial charge in [0, 0.05) is 12.3 Å². The third-order valence-electron chi connectivity index (χ3n) is 5.32. The molecule has 1 unspecified atom stereocenters. The molecule has 2 saturated carbocycles. The van der Waals surface area contributed by atoms with Crippen molar-refractivity contribution in [3.05, 3.63) is 0 Å². The molecule has 0 radical (unpaired) electrons. The molecule has 110 valence electrons. The van der Waals surface area contributed by atoms with Gasteiger partial charge in [0.15, 0.2) is 0 Å². The zero-order valence-corrected chi connectivity index (χ0v) is 12.7. The van der Waals surface area contributed by atoms with Crippen LogP contribution in [0.4, 0.5) is 0 Å². The molecule has 2 aliphatic rings. The first-order chi connectivity index (χ1) is 9.38. The fourth-order valence-corrected chi connectivity index (χ4v) is 4.11. The molecule has 0 spiro atoms. The van der Waals surface area contributed by atoms with Gasteiger partial charge in [-0.3, -0.25) is 4.79 Å². The standard InChI is InChI=1S/C18H32O/c19-18-15-11-7-3-6-10-14-17(18)16-12-8-4-1-2-5-9-13-16/h16-17H,1-15H2. The smallest absolute Gasteiger partial charge is 0.136 e. The van der Waals surface area contributed by atoms with E-state index in [1.807, 2.05) is 0 Å². The fourth-order valence-electron chi connectivity index (χ4n) is 4.11. The zero-order chi connectivity index (χ0) is 13.3. The summed E-state index contributed by atoms with van der Waals surface area (Å²) < 4.78 is 0. The van der Waals surface area contributed by atoms with Gasteiger partial charge in [-0.05, 0) is 31.6 Å². The molecule has 19 heavy (non-hydrogen) atoms. The van der Waals surface area contributed by atoms with E-state index in [0.717, 1.165) is 18.8 Å². The maximum Gasteiger partial charge on any atom is 0.136 e. The molecule has 0 amide bonds. The summed E-state index contributed by atoms with van der Waals surface area (Å²) in [5, 5.41) is 0. The van der Waals surface area contributed by atoms with Crippen molar-refractivity contribution >= 4 is 5.78 Å². The van der Waals surface area contributed by atoms with Crippen molar-refractivity contribution < 1.29 is 4.79 Å². The van der Waals surface area contributed by atoms with Crippen LogP contribution < -0.4 is 0 Å². The van der Waals surface area contributed by atoms with E-state index in [1.54, 1.807) is 0 Å². The number of hydrogen-bond donors (Lipinski definition) is 0. The van der Waals surface area contributed by atoms with Gasteiger partial charge >= 0.3 is 0 Å². The fraction of sp³-hybridized carbons (Fsp3) is 0.944. The molecule has 0 bridgehead atoms. The van der Waals surface area contributed by atoms with Gasteiger partial charge in [-0.25, -0.2) is 0 Å². The normalized spacial score (nSPS) is 29.5. The monoisotopic (exact) mass is 264 g/mol. The molecule has 2 fully saturated rings. The summed E-state index contributed by atoms with van der Waals surface area (Å²) in [6.07, 6.45) is 19.6. The molecule has 0 saturated heterocycles. The SMILES string of the molecule is O=C1CCCCCCCC1C1CCCCCCCC1. The van der Waals surface area contributed by atoms with Crippen LogP contribution in [0, 0.1) is 11.8 Å². The van der Waals surface area contributed by atoms with Crippen molar-refractivity contribution in [2.24, 2.45) is 11.8 Å². The summed E-state index contributed by atoms with van der Waals surface area (Å²) in [6, 6.07) is 0. The van der Waals surface area contributed by atoms with Crippen LogP contribution in [0.1, 0.15) is 96.3 Å². The number of ketones is 1. The summed E-state index contributed by atoms with van der Waals surface area (Å²) >= 11 is 0. The van der Waals surface area contributed by atoms with Crippen LogP contribution in [0.25, 0.3) is 0 Å². The Morgan fingerprint density at radius 2 is 1.05 bits per heavy atom. The average molecular weight is 264 g/mol. The topological polar surface area (TPSA) is 17.1 Å². The summed E-state index contributed by atoms with van der Waals surface area (Å²) in [7, 11) is 0. The van der Waals surface area contributed by atoms with Gasteiger partial charge < -0.3 is 0 Å². The molecule has 0 aromatic carbocycles. The molecule has 0 heterocycles. The highest BCUT2D eigenvalue weighted by Crippen LogP contribution is 2.33. The minimum absolute atomic E-state index is 0.427. The van der Waals surface area contributed by atoms with E-state index in [0.29, 0.717) is 11.7 Å². The van der Waals surface area contributed by atoms with Crippen LogP contribution in [0.15, 0.2) is 0 Å². The van der Waals surface area contributed by atoms with Crippen molar-refractivity contribution in [3.8, 4) is 0 Å². The molecule has 1 heteroatoms. The maximum atomic E-state index is 12.5. The van der Waals surface area contributed by atoms with Gasteiger partial charge in [-0.1, -0.05) is 64.2 Å². The molecule has 0 aromatic rings. The lowest BCUT2D eigenvalue weighted by molar-refractivity contribution is -0.125. The molecule has 0 N–H and O–H groups in total. The van der Waals surface area contributed by atoms with Crippen molar-refractivity contribution in [1.29, 1.82) is 0 Å². The van der Waals surface area contributed by atoms with E-state index in [9.17, 15) is 4.79 Å². The Hall–Kier alpha value is -0.330. The molecule has 2 aliphatic carbocycles. The first-order valence-corrected chi connectivity index (χ1v) is 8.90. The number of carbonyl (C=O) groups is 1. The summed E-state index contributed by atoms with van der Waals surface area (Å²) in [4.78, 5) is 12.5. The molecule has 1 atom stereocenters. The lowest BCUT2D eigenvalue weighted by atomic mass is 9.78. The lowest BCUT2D eigenvalue weighted by Gasteiger charge is -2.26. The van der Waals surface area contributed by atoms with Gasteiger partial charge in [-0.15, -0.1) is 0 Å². The van der Waals surface area contributed by atoms with E-state index in [-0.39, 0.29) is 0 Å². The number of Topliss-reactive ketones (excluding diaryl/α,β-unsaturated/α-hetero) is 1. The summed E-state index contributed by atoms with van der Waals surface area (Å²) in [5.41, 5.74) is 0. The van der Waals surface area contributed by atoms with Crippen LogP contribution in [0.2, 0.25) is 0 Å². The third kappa shape index (κ3) is 5.28. The second-order valence-electron chi connectivity index (χ2n) is 6.84. The molecule has 0 aromatic heterocycles. The predicted octanol–water partition coefficient (Wildman–Crippen LogP) is 5.67. The quantitative estimate of drug-likeness (QED) is 0.596. The maximum absolute atomic E-state index is 12.5. The average Bonchev–Trinajstić information content (AvgIpc) is 2.60. The first kappa shape index (κ1) is 15.1. The Labute approximate surface area is 119 Å². The number of hydrogen-bond acceptors (Lipinski definition) is 1. The Morgan fingerprint density at radius 3 is 1.68 bits per heavy atom. The summed E-state index contributed by atoms with van der Waals surface area (Å²) in [6.45, 7) is 0. The van der Waals surface area contributed by atoms with Crippen LogP contribution >= 0.6 is 0 Å². The highest BCUT2D eigenvalue weighted by atomic mass is 16.1. The highest BCUT2D eigenvalue weighted by Gasteiger charge is 2.27. The lowest BCUT2D eigenvalue weighted by Crippen LogP contribution is -2.24. The minimum atomic E-state index is 0.427. The van der Waals surface area contributed by atoms with Gasteiger partial charge in [0.2, 0.25) is 0 Å². The van der Waals surface area contributed by atoms with Crippen LogP contribution in [0.5, 0.6) is 0 Å². The summed E-state index contributed by atoms with van der Waals surface area (Å²) in [5.74, 6) is 1.77. The largest absolute Gasteiger partial charge is 0.299 e. The van der Waals surface area contributed by atoms with Crippen molar-refractivity contribution in [2.45, 2.75) is 96.3 Å². The van der Waals surface area contributed by atoms with E-state index < -0.39 is 0 Å². The number of rotatable bonds is 1. The molecule has 1 nitrogen and oxygen atoms in total. The Morgan fingerprint density at radius 1 is 0.579 bits per heavy atom. The third-order valence-corrected chi connectivity index (χ3v) is 5.32. The van der Waals surface area contributed by atoms with Gasteiger partial charge in [0.05, 0.1) is 0 Å². The van der Waals surface area contributed by atoms with Gasteiger partial charge in [0.1, 0.15) is 5.78 Å². The zero-order valence-electron chi connectivity index (χ0n) is 12.7. The van der Waals surface area contributed by atoms with E-state index in [2.05, 4.69) is 0 Å². The number of carbonyl (C=O) groups excluding carboxylic acids is 1. The first-order valence-electron chi connectivity index (χ1n) is 8.90. The molecular formula is C18H32O. The Kier molecular flexibility index (Phi) is 6.95. The van der Waals surface area contributed by atoms with Crippen molar-refractivity contribution in [1.82, 2.24) is 0 Å². The van der Waals surface area contributed by atoms with Gasteiger partial charge in [0.25, 0.3) is 0 Å². The van der Waals surface area contributed by atoms with Crippen LogP contribution in [-0.4, -0.2) is 5.78 Å². The van der Waals surface area contributed by atoms with E-state index >= 15 is 0 Å². The van der Waals surface area contributed by atoms with Crippen molar-refractivity contribution in [2.75, 3.05) is 0 Å². The van der Waals surface area contributed by atoms with E-state index in [1.165, 1.54) is 83.5 Å². The van der Waals surface area contributed by atoms with Crippen molar-refractivity contribution in [3.63, 3.8) is 0 Å². The Bertz CT molecular complexity index is 248. The predicted molar refractivity (Wildman–Crippen MR) is 81.2 cm³/mol.